The Labute approximate surface area is 149 Å². The lowest BCUT2D eigenvalue weighted by molar-refractivity contribution is 0.0154. The number of thiophene rings is 1. The molecule has 25 heavy (non-hydrogen) atoms. The van der Waals surface area contributed by atoms with Gasteiger partial charge in [0.2, 0.25) is 0 Å². The van der Waals surface area contributed by atoms with Gasteiger partial charge in [-0.3, -0.25) is 0 Å². The van der Waals surface area contributed by atoms with Gasteiger partial charge < -0.3 is 9.47 Å². The molecule has 3 heterocycles. The van der Waals surface area contributed by atoms with Gasteiger partial charge in [0, 0.05) is 12.7 Å². The summed E-state index contributed by atoms with van der Waals surface area (Å²) in [7, 11) is 0. The molecule has 4 rings (SSSR count). The molecule has 5 nitrogen and oxygen atoms in total. The van der Waals surface area contributed by atoms with Gasteiger partial charge in [0.1, 0.15) is 12.3 Å². The molecule has 0 radical (unpaired) electrons. The van der Waals surface area contributed by atoms with Crippen molar-refractivity contribution in [3.05, 3.63) is 59.6 Å². The third-order valence-corrected chi connectivity index (χ3v) is 5.01. The normalized spacial score (nSPS) is 16.9. The van der Waals surface area contributed by atoms with Crippen molar-refractivity contribution >= 4 is 17.3 Å². The number of nitrogens with zero attached hydrogens (tertiary/aromatic N) is 2. The van der Waals surface area contributed by atoms with Gasteiger partial charge in [-0.25, -0.2) is 9.48 Å². The van der Waals surface area contributed by atoms with E-state index in [0.29, 0.717) is 5.69 Å². The zero-order valence-corrected chi connectivity index (χ0v) is 14.4. The Morgan fingerprint density at radius 2 is 2.16 bits per heavy atom. The van der Waals surface area contributed by atoms with Crippen LogP contribution < -0.4 is 0 Å². The minimum atomic E-state index is -0.380. The van der Waals surface area contributed by atoms with Gasteiger partial charge in [-0.15, -0.1) is 11.3 Å². The second-order valence-corrected chi connectivity index (χ2v) is 6.82. The highest BCUT2D eigenvalue weighted by atomic mass is 32.1. The van der Waals surface area contributed by atoms with Crippen LogP contribution in [0.15, 0.2) is 53.9 Å². The maximum atomic E-state index is 12.6. The minimum absolute atomic E-state index is 0.00816. The van der Waals surface area contributed by atoms with E-state index in [4.69, 9.17) is 9.47 Å². The van der Waals surface area contributed by atoms with Gasteiger partial charge in [-0.2, -0.15) is 5.10 Å². The van der Waals surface area contributed by atoms with Crippen molar-refractivity contribution in [2.45, 2.75) is 18.9 Å². The molecule has 1 atom stereocenters. The number of carbonyl (C=O) groups excluding carboxylic acids is 1. The van der Waals surface area contributed by atoms with Crippen LogP contribution in [0.5, 0.6) is 0 Å². The zero-order chi connectivity index (χ0) is 17.1. The Morgan fingerprint density at radius 1 is 1.28 bits per heavy atom. The van der Waals surface area contributed by atoms with Gasteiger partial charge in [0.05, 0.1) is 16.7 Å². The van der Waals surface area contributed by atoms with Crippen molar-refractivity contribution in [3.63, 3.8) is 0 Å². The lowest BCUT2D eigenvalue weighted by atomic mass is 10.2. The average Bonchev–Trinajstić information content (AvgIpc) is 3.41. The minimum Gasteiger partial charge on any atom is -0.458 e. The summed E-state index contributed by atoms with van der Waals surface area (Å²) in [5, 5.41) is 6.61. The molecule has 0 N–H and O–H groups in total. The Morgan fingerprint density at radius 3 is 2.88 bits per heavy atom. The smallest absolute Gasteiger partial charge is 0.357 e. The first-order valence-corrected chi connectivity index (χ1v) is 9.17. The van der Waals surface area contributed by atoms with E-state index in [1.165, 1.54) is 0 Å². The molecular formula is C19H18N2O3S. The van der Waals surface area contributed by atoms with Gasteiger partial charge in [-0.1, -0.05) is 24.3 Å². The molecule has 1 unspecified atom stereocenters. The molecule has 1 aliphatic heterocycles. The Bertz CT molecular complexity index is 837. The summed E-state index contributed by atoms with van der Waals surface area (Å²) in [5.74, 6) is -0.380. The zero-order valence-electron chi connectivity index (χ0n) is 13.6. The van der Waals surface area contributed by atoms with Crippen molar-refractivity contribution in [2.75, 3.05) is 13.2 Å². The van der Waals surface area contributed by atoms with E-state index in [9.17, 15) is 4.79 Å². The first-order valence-electron chi connectivity index (χ1n) is 8.29. The first kappa shape index (κ1) is 16.1. The number of hydrogen-bond acceptors (Lipinski definition) is 5. The van der Waals surface area contributed by atoms with Crippen LogP contribution >= 0.6 is 11.3 Å². The second kappa shape index (κ2) is 7.21. The SMILES string of the molecule is O=C(OCC1CCCO1)c1cc(-c2cccs2)nn1-c1ccccc1. The fourth-order valence-corrected chi connectivity index (χ4v) is 3.54. The van der Waals surface area contributed by atoms with Crippen molar-refractivity contribution in [1.82, 2.24) is 9.78 Å². The molecule has 6 heteroatoms. The van der Waals surface area contributed by atoms with E-state index in [0.717, 1.165) is 35.7 Å². The summed E-state index contributed by atoms with van der Waals surface area (Å²) in [6.45, 7) is 1.03. The molecule has 0 bridgehead atoms. The van der Waals surface area contributed by atoms with Crippen molar-refractivity contribution in [2.24, 2.45) is 0 Å². The van der Waals surface area contributed by atoms with Crippen LogP contribution in [-0.4, -0.2) is 35.1 Å². The van der Waals surface area contributed by atoms with Crippen LogP contribution in [0.2, 0.25) is 0 Å². The third-order valence-electron chi connectivity index (χ3n) is 4.12. The summed E-state index contributed by atoms with van der Waals surface area (Å²) in [6, 6.07) is 15.4. The number of para-hydroxylation sites is 1. The molecule has 1 aromatic carbocycles. The molecule has 1 aliphatic rings. The number of hydrogen-bond donors (Lipinski definition) is 0. The van der Waals surface area contributed by atoms with Gasteiger partial charge in [0.15, 0.2) is 5.69 Å². The molecule has 128 valence electrons. The van der Waals surface area contributed by atoms with Crippen molar-refractivity contribution in [3.8, 4) is 16.3 Å². The lowest BCUT2D eigenvalue weighted by Crippen LogP contribution is -2.19. The topological polar surface area (TPSA) is 53.4 Å². The van der Waals surface area contributed by atoms with Gasteiger partial charge in [0.25, 0.3) is 0 Å². The second-order valence-electron chi connectivity index (χ2n) is 5.87. The standard InChI is InChI=1S/C19H18N2O3S/c22-19(24-13-15-8-4-10-23-15)17-12-16(18-9-5-11-25-18)20-21(17)14-6-2-1-3-7-14/h1-3,5-7,9,11-12,15H,4,8,10,13H2. The monoisotopic (exact) mass is 354 g/mol. The van der Waals surface area contributed by atoms with Gasteiger partial charge >= 0.3 is 5.97 Å². The van der Waals surface area contributed by atoms with Crippen LogP contribution in [0.1, 0.15) is 23.3 Å². The fraction of sp³-hybridized carbons (Fsp3) is 0.263. The summed E-state index contributed by atoms with van der Waals surface area (Å²) in [4.78, 5) is 13.7. The lowest BCUT2D eigenvalue weighted by Gasteiger charge is -2.11. The molecular weight excluding hydrogens is 336 g/mol. The fourth-order valence-electron chi connectivity index (χ4n) is 2.86. The van der Waals surface area contributed by atoms with Crippen molar-refractivity contribution < 1.29 is 14.3 Å². The van der Waals surface area contributed by atoms with Crippen molar-refractivity contribution in [1.29, 1.82) is 0 Å². The number of carbonyl (C=O) groups is 1. The van der Waals surface area contributed by atoms with E-state index in [1.54, 1.807) is 22.1 Å². The van der Waals surface area contributed by atoms with E-state index in [2.05, 4.69) is 5.10 Å². The highest BCUT2D eigenvalue weighted by Gasteiger charge is 2.22. The Hall–Kier alpha value is -2.44. The molecule has 0 saturated carbocycles. The molecule has 0 amide bonds. The molecule has 1 fully saturated rings. The van der Waals surface area contributed by atoms with Gasteiger partial charge in [-0.05, 0) is 36.4 Å². The predicted octanol–water partition coefficient (Wildman–Crippen LogP) is 3.94. The quantitative estimate of drug-likeness (QED) is 0.651. The van der Waals surface area contributed by atoms with E-state index in [-0.39, 0.29) is 18.7 Å². The van der Waals surface area contributed by atoms with Crippen LogP contribution in [0.4, 0.5) is 0 Å². The first-order chi connectivity index (χ1) is 12.3. The summed E-state index contributed by atoms with van der Waals surface area (Å²) < 4.78 is 12.6. The maximum Gasteiger partial charge on any atom is 0.357 e. The van der Waals surface area contributed by atoms with Crippen LogP contribution in [-0.2, 0) is 9.47 Å². The number of ether oxygens (including phenoxy) is 2. The van der Waals surface area contributed by atoms with Crippen LogP contribution in [0.3, 0.4) is 0 Å². The van der Waals surface area contributed by atoms with Crippen LogP contribution in [0.25, 0.3) is 16.3 Å². The summed E-state index contributed by atoms with van der Waals surface area (Å²) >= 11 is 1.59. The highest BCUT2D eigenvalue weighted by Crippen LogP contribution is 2.26. The van der Waals surface area contributed by atoms with E-state index >= 15 is 0 Å². The molecule has 0 spiro atoms. The molecule has 3 aromatic rings. The Kier molecular flexibility index (Phi) is 4.63. The maximum absolute atomic E-state index is 12.6. The predicted molar refractivity (Wildman–Crippen MR) is 96.1 cm³/mol. The van der Waals surface area contributed by atoms with E-state index < -0.39 is 0 Å². The summed E-state index contributed by atoms with van der Waals surface area (Å²) in [6.07, 6.45) is 1.96. The average molecular weight is 354 g/mol. The summed E-state index contributed by atoms with van der Waals surface area (Å²) in [5.41, 5.74) is 2.02. The molecule has 2 aromatic heterocycles. The molecule has 0 aliphatic carbocycles. The number of aromatic nitrogens is 2. The number of esters is 1. The number of rotatable bonds is 5. The third kappa shape index (κ3) is 3.50. The number of benzene rings is 1. The van der Waals surface area contributed by atoms with Crippen LogP contribution in [0, 0.1) is 0 Å². The van der Waals surface area contributed by atoms with E-state index in [1.807, 2.05) is 47.8 Å². The Balaban J connectivity index is 1.63. The largest absolute Gasteiger partial charge is 0.458 e. The highest BCUT2D eigenvalue weighted by molar-refractivity contribution is 7.13. The molecule has 1 saturated heterocycles.